The van der Waals surface area contributed by atoms with E-state index in [1.165, 1.54) is 6.26 Å². The lowest BCUT2D eigenvalue weighted by atomic mass is 10.1. The average Bonchev–Trinajstić information content (AvgIpc) is 2.77. The van der Waals surface area contributed by atoms with Gasteiger partial charge in [-0.1, -0.05) is 0 Å². The second kappa shape index (κ2) is 3.14. The van der Waals surface area contributed by atoms with Crippen LogP contribution in [0.4, 0.5) is 0 Å². The van der Waals surface area contributed by atoms with E-state index in [0.717, 1.165) is 5.69 Å². The molecule has 0 amide bonds. The standard InChI is InChI=1S/C10H10N2O2/c1-7-8(6-11-12(7)2)10(13)9-4-3-5-14-9/h3-6H,1-2H3. The van der Waals surface area contributed by atoms with E-state index in [4.69, 9.17) is 4.42 Å². The third-order valence-corrected chi connectivity index (χ3v) is 2.22. The highest BCUT2D eigenvalue weighted by atomic mass is 16.3. The van der Waals surface area contributed by atoms with Gasteiger partial charge < -0.3 is 4.42 Å². The van der Waals surface area contributed by atoms with Gasteiger partial charge in [0.2, 0.25) is 5.78 Å². The minimum atomic E-state index is -0.124. The van der Waals surface area contributed by atoms with Gasteiger partial charge in [0.25, 0.3) is 0 Å². The lowest BCUT2D eigenvalue weighted by molar-refractivity contribution is 0.101. The first-order chi connectivity index (χ1) is 6.70. The molecule has 4 nitrogen and oxygen atoms in total. The Hall–Kier alpha value is -1.84. The summed E-state index contributed by atoms with van der Waals surface area (Å²) in [5.41, 5.74) is 1.42. The molecule has 0 saturated carbocycles. The summed E-state index contributed by atoms with van der Waals surface area (Å²) in [6.07, 6.45) is 3.04. The van der Waals surface area contributed by atoms with E-state index in [1.54, 1.807) is 30.1 Å². The summed E-state index contributed by atoms with van der Waals surface area (Å²) in [7, 11) is 1.80. The number of rotatable bonds is 2. The van der Waals surface area contributed by atoms with Crippen molar-refractivity contribution in [2.45, 2.75) is 6.92 Å². The molecule has 2 aromatic heterocycles. The number of furan rings is 1. The Bertz CT molecular complexity index is 454. The fourth-order valence-corrected chi connectivity index (χ4v) is 1.26. The van der Waals surface area contributed by atoms with Crippen LogP contribution in [0.25, 0.3) is 0 Å². The van der Waals surface area contributed by atoms with Crippen molar-refractivity contribution in [2.75, 3.05) is 0 Å². The molecule has 14 heavy (non-hydrogen) atoms. The Balaban J connectivity index is 2.42. The van der Waals surface area contributed by atoms with Gasteiger partial charge in [-0.05, 0) is 19.1 Å². The topological polar surface area (TPSA) is 48.0 Å². The smallest absolute Gasteiger partial charge is 0.231 e. The highest BCUT2D eigenvalue weighted by Gasteiger charge is 2.16. The van der Waals surface area contributed by atoms with Crippen LogP contribution < -0.4 is 0 Å². The maximum atomic E-state index is 11.8. The van der Waals surface area contributed by atoms with Gasteiger partial charge in [-0.2, -0.15) is 5.10 Å². The number of hydrogen-bond acceptors (Lipinski definition) is 3. The zero-order valence-corrected chi connectivity index (χ0v) is 8.02. The van der Waals surface area contributed by atoms with Crippen LogP contribution >= 0.6 is 0 Å². The molecule has 0 saturated heterocycles. The molecule has 0 unspecified atom stereocenters. The highest BCUT2D eigenvalue weighted by molar-refractivity contribution is 6.07. The second-order valence-corrected chi connectivity index (χ2v) is 3.07. The summed E-state index contributed by atoms with van der Waals surface area (Å²) in [5, 5.41) is 4.00. The number of carbonyl (C=O) groups is 1. The molecule has 0 atom stereocenters. The van der Waals surface area contributed by atoms with Gasteiger partial charge in [-0.15, -0.1) is 0 Å². The van der Waals surface area contributed by atoms with Crippen LogP contribution in [0.15, 0.2) is 29.0 Å². The van der Waals surface area contributed by atoms with E-state index in [0.29, 0.717) is 11.3 Å². The van der Waals surface area contributed by atoms with Gasteiger partial charge in [0.15, 0.2) is 5.76 Å². The Morgan fingerprint density at radius 1 is 1.57 bits per heavy atom. The van der Waals surface area contributed by atoms with Gasteiger partial charge in [-0.3, -0.25) is 9.48 Å². The Kier molecular flexibility index (Phi) is 1.96. The second-order valence-electron chi connectivity index (χ2n) is 3.07. The summed E-state index contributed by atoms with van der Waals surface area (Å²) in [6.45, 7) is 1.85. The van der Waals surface area contributed by atoms with Gasteiger partial charge in [0.1, 0.15) is 0 Å². The van der Waals surface area contributed by atoms with Crippen molar-refractivity contribution in [1.82, 2.24) is 9.78 Å². The molecule has 2 rings (SSSR count). The van der Waals surface area contributed by atoms with Crippen LogP contribution in [-0.4, -0.2) is 15.6 Å². The van der Waals surface area contributed by atoms with E-state index < -0.39 is 0 Å². The predicted molar refractivity (Wildman–Crippen MR) is 50.1 cm³/mol. The fourth-order valence-electron chi connectivity index (χ4n) is 1.26. The van der Waals surface area contributed by atoms with Crippen molar-refractivity contribution >= 4 is 5.78 Å². The van der Waals surface area contributed by atoms with Crippen LogP contribution in [0, 0.1) is 6.92 Å². The number of aryl methyl sites for hydroxylation is 1. The first-order valence-electron chi connectivity index (χ1n) is 4.27. The van der Waals surface area contributed by atoms with Crippen LogP contribution in [0.1, 0.15) is 21.8 Å². The molecule has 2 heterocycles. The van der Waals surface area contributed by atoms with Crippen molar-refractivity contribution in [3.63, 3.8) is 0 Å². The monoisotopic (exact) mass is 190 g/mol. The van der Waals surface area contributed by atoms with Gasteiger partial charge in [0, 0.05) is 12.7 Å². The molecular weight excluding hydrogens is 180 g/mol. The van der Waals surface area contributed by atoms with E-state index >= 15 is 0 Å². The summed E-state index contributed by atoms with van der Waals surface area (Å²) >= 11 is 0. The zero-order chi connectivity index (χ0) is 10.1. The molecule has 0 aliphatic heterocycles. The Morgan fingerprint density at radius 3 is 2.86 bits per heavy atom. The number of carbonyl (C=O) groups excluding carboxylic acids is 1. The maximum absolute atomic E-state index is 11.8. The molecule has 0 aromatic carbocycles. The van der Waals surface area contributed by atoms with E-state index in [-0.39, 0.29) is 5.78 Å². The van der Waals surface area contributed by atoms with Gasteiger partial charge in [-0.25, -0.2) is 0 Å². The Labute approximate surface area is 81.1 Å². The fraction of sp³-hybridized carbons (Fsp3) is 0.200. The quantitative estimate of drug-likeness (QED) is 0.675. The predicted octanol–water partition coefficient (Wildman–Crippen LogP) is 1.55. The minimum absolute atomic E-state index is 0.124. The van der Waals surface area contributed by atoms with E-state index in [2.05, 4.69) is 5.10 Å². The van der Waals surface area contributed by atoms with E-state index in [1.807, 2.05) is 6.92 Å². The summed E-state index contributed by atoms with van der Waals surface area (Å²) in [6, 6.07) is 3.34. The van der Waals surface area contributed by atoms with Crippen molar-refractivity contribution in [3.8, 4) is 0 Å². The number of ketones is 1. The van der Waals surface area contributed by atoms with Gasteiger partial charge in [0.05, 0.1) is 18.0 Å². The molecule has 0 aliphatic carbocycles. The minimum Gasteiger partial charge on any atom is -0.461 e. The van der Waals surface area contributed by atoms with Crippen molar-refractivity contribution < 1.29 is 9.21 Å². The van der Waals surface area contributed by atoms with Crippen LogP contribution in [0.5, 0.6) is 0 Å². The third-order valence-electron chi connectivity index (χ3n) is 2.22. The van der Waals surface area contributed by atoms with Crippen LogP contribution in [0.3, 0.4) is 0 Å². The molecule has 0 radical (unpaired) electrons. The molecule has 0 aliphatic rings. The molecule has 0 bridgehead atoms. The summed E-state index contributed by atoms with van der Waals surface area (Å²) in [5.74, 6) is 0.224. The largest absolute Gasteiger partial charge is 0.461 e. The van der Waals surface area contributed by atoms with Crippen molar-refractivity contribution in [3.05, 3.63) is 41.6 Å². The molecule has 2 aromatic rings. The highest BCUT2D eigenvalue weighted by Crippen LogP contribution is 2.13. The van der Waals surface area contributed by atoms with Crippen LogP contribution in [-0.2, 0) is 7.05 Å². The molecule has 72 valence electrons. The number of hydrogen-bond donors (Lipinski definition) is 0. The molecule has 4 heteroatoms. The first kappa shape index (κ1) is 8.74. The zero-order valence-electron chi connectivity index (χ0n) is 8.02. The first-order valence-corrected chi connectivity index (χ1v) is 4.27. The summed E-state index contributed by atoms with van der Waals surface area (Å²) in [4.78, 5) is 11.8. The normalized spacial score (nSPS) is 10.4. The lowest BCUT2D eigenvalue weighted by Crippen LogP contribution is -2.02. The third kappa shape index (κ3) is 1.25. The molecule has 0 spiro atoms. The number of nitrogens with zero attached hydrogens (tertiary/aromatic N) is 2. The van der Waals surface area contributed by atoms with Crippen molar-refractivity contribution in [2.24, 2.45) is 7.05 Å². The van der Waals surface area contributed by atoms with Crippen LogP contribution in [0.2, 0.25) is 0 Å². The SMILES string of the molecule is Cc1c(C(=O)c2ccco2)cnn1C. The summed E-state index contributed by atoms with van der Waals surface area (Å²) < 4.78 is 6.69. The maximum Gasteiger partial charge on any atom is 0.231 e. The van der Waals surface area contributed by atoms with Crippen molar-refractivity contribution in [1.29, 1.82) is 0 Å². The van der Waals surface area contributed by atoms with Gasteiger partial charge >= 0.3 is 0 Å². The molecule has 0 N–H and O–H groups in total. The number of aromatic nitrogens is 2. The Morgan fingerprint density at radius 2 is 2.36 bits per heavy atom. The van der Waals surface area contributed by atoms with E-state index in [9.17, 15) is 4.79 Å². The molecule has 0 fully saturated rings. The average molecular weight is 190 g/mol. The molecular formula is C10H10N2O2. The lowest BCUT2D eigenvalue weighted by Gasteiger charge is -1.96.